The predicted octanol–water partition coefficient (Wildman–Crippen LogP) is 3.37. The molecule has 0 bridgehead atoms. The lowest BCUT2D eigenvalue weighted by atomic mass is 10.2. The van der Waals surface area contributed by atoms with Crippen molar-refractivity contribution in [2.24, 2.45) is 0 Å². The highest BCUT2D eigenvalue weighted by molar-refractivity contribution is 6.30. The topological polar surface area (TPSA) is 0 Å². The van der Waals surface area contributed by atoms with Crippen molar-refractivity contribution in [1.82, 2.24) is 0 Å². The Morgan fingerprint density at radius 3 is 2.80 bits per heavy atom. The zero-order valence-corrected chi connectivity index (χ0v) is 6.60. The first-order valence-corrected chi connectivity index (χ1v) is 3.59. The minimum Gasteiger partial charge on any atom is -0.0871 e. The molecule has 0 aliphatic heterocycles. The van der Waals surface area contributed by atoms with Crippen LogP contribution in [0.2, 0.25) is 5.02 Å². The molecule has 1 aromatic carbocycles. The molecule has 0 spiro atoms. The van der Waals surface area contributed by atoms with Crippen LogP contribution in [-0.2, 0) is 0 Å². The van der Waals surface area contributed by atoms with Crippen LogP contribution in [0.4, 0.5) is 0 Å². The zero-order chi connectivity index (χ0) is 7.40. The Kier molecular flexibility index (Phi) is 2.52. The van der Waals surface area contributed by atoms with E-state index in [1.165, 1.54) is 0 Å². The fraction of sp³-hybridized carbons (Fsp3) is 0.111. The van der Waals surface area contributed by atoms with E-state index >= 15 is 0 Å². The van der Waals surface area contributed by atoms with Gasteiger partial charge in [-0.3, -0.25) is 0 Å². The molecule has 0 aromatic heterocycles. The first-order chi connectivity index (χ1) is 4.83. The monoisotopic (exact) mass is 152 g/mol. The highest BCUT2D eigenvalue weighted by Crippen LogP contribution is 2.11. The van der Waals surface area contributed by atoms with Crippen molar-refractivity contribution in [3.05, 3.63) is 40.9 Å². The van der Waals surface area contributed by atoms with E-state index in [1.54, 1.807) is 0 Å². The van der Waals surface area contributed by atoms with Gasteiger partial charge in [0.2, 0.25) is 0 Å². The van der Waals surface area contributed by atoms with Crippen LogP contribution in [0.25, 0.3) is 6.08 Å². The summed E-state index contributed by atoms with van der Waals surface area (Å²) in [6.45, 7) is 1.99. The van der Waals surface area contributed by atoms with Gasteiger partial charge in [0.25, 0.3) is 0 Å². The zero-order valence-electron chi connectivity index (χ0n) is 5.84. The Labute approximate surface area is 66.1 Å². The van der Waals surface area contributed by atoms with E-state index in [2.05, 4.69) is 0 Å². The minimum absolute atomic E-state index is 0.788. The molecule has 0 radical (unpaired) electrons. The Balaban J connectivity index is 2.95. The van der Waals surface area contributed by atoms with E-state index < -0.39 is 0 Å². The minimum atomic E-state index is 0.788. The fourth-order valence-corrected chi connectivity index (χ4v) is 1.00. The van der Waals surface area contributed by atoms with E-state index in [4.69, 9.17) is 11.6 Å². The van der Waals surface area contributed by atoms with Gasteiger partial charge < -0.3 is 0 Å². The molecule has 0 saturated carbocycles. The van der Waals surface area contributed by atoms with Gasteiger partial charge in [-0.2, -0.15) is 0 Å². The number of allylic oxidation sites excluding steroid dienone is 1. The molecule has 0 atom stereocenters. The van der Waals surface area contributed by atoms with Crippen LogP contribution in [0.15, 0.2) is 30.3 Å². The molecule has 0 fully saturated rings. The highest BCUT2D eigenvalue weighted by Gasteiger charge is 1.86. The predicted molar refractivity (Wildman–Crippen MR) is 46.2 cm³/mol. The Morgan fingerprint density at radius 1 is 1.40 bits per heavy atom. The lowest BCUT2D eigenvalue weighted by Crippen LogP contribution is -1.68. The van der Waals surface area contributed by atoms with Crippen molar-refractivity contribution in [3.63, 3.8) is 0 Å². The highest BCUT2D eigenvalue weighted by atomic mass is 35.5. The van der Waals surface area contributed by atoms with Gasteiger partial charge in [-0.05, 0) is 24.6 Å². The van der Waals surface area contributed by atoms with Crippen molar-refractivity contribution in [1.29, 1.82) is 0 Å². The number of halogens is 1. The molecule has 0 nitrogen and oxygen atoms in total. The third-order valence-corrected chi connectivity index (χ3v) is 1.44. The third-order valence-electron chi connectivity index (χ3n) is 1.21. The summed E-state index contributed by atoms with van der Waals surface area (Å²) in [6.07, 6.45) is 4.01. The van der Waals surface area contributed by atoms with Crippen molar-refractivity contribution in [3.8, 4) is 0 Å². The molecule has 0 saturated heterocycles. The molecule has 1 heteroatoms. The van der Waals surface area contributed by atoms with E-state index in [9.17, 15) is 0 Å². The number of hydrogen-bond donors (Lipinski definition) is 0. The molecule has 0 unspecified atom stereocenters. The molecule has 0 aliphatic carbocycles. The van der Waals surface area contributed by atoms with Crippen molar-refractivity contribution >= 4 is 17.7 Å². The molecule has 0 N–H and O–H groups in total. The van der Waals surface area contributed by atoms with Gasteiger partial charge in [-0.1, -0.05) is 35.9 Å². The third kappa shape index (κ3) is 1.89. The van der Waals surface area contributed by atoms with Crippen molar-refractivity contribution in [2.45, 2.75) is 6.92 Å². The molecule has 0 amide bonds. The lowest BCUT2D eigenvalue weighted by molar-refractivity contribution is 1.64. The van der Waals surface area contributed by atoms with Gasteiger partial charge in [0.15, 0.2) is 0 Å². The summed E-state index contributed by atoms with van der Waals surface area (Å²) < 4.78 is 0. The van der Waals surface area contributed by atoms with Gasteiger partial charge in [-0.25, -0.2) is 0 Å². The van der Waals surface area contributed by atoms with Crippen molar-refractivity contribution < 1.29 is 0 Å². The largest absolute Gasteiger partial charge is 0.0871 e. The Hall–Kier alpha value is -0.750. The van der Waals surface area contributed by atoms with Crippen LogP contribution in [0.1, 0.15) is 12.5 Å². The number of hydrogen-bond acceptors (Lipinski definition) is 0. The first kappa shape index (κ1) is 7.36. The maximum Gasteiger partial charge on any atom is 0.0411 e. The van der Waals surface area contributed by atoms with Crippen LogP contribution in [-0.4, -0.2) is 0 Å². The van der Waals surface area contributed by atoms with E-state index in [0.29, 0.717) is 0 Å². The smallest absolute Gasteiger partial charge is 0.0411 e. The summed E-state index contributed by atoms with van der Waals surface area (Å²) >= 11 is 5.75. The van der Waals surface area contributed by atoms with Gasteiger partial charge in [-0.15, -0.1) is 0 Å². The maximum atomic E-state index is 5.75. The molecule has 52 valence electrons. The van der Waals surface area contributed by atoms with E-state index in [0.717, 1.165) is 10.6 Å². The molecule has 0 heterocycles. The average Bonchev–Trinajstić information content (AvgIpc) is 1.88. The summed E-state index contributed by atoms with van der Waals surface area (Å²) in [6, 6.07) is 7.76. The quantitative estimate of drug-likeness (QED) is 0.579. The van der Waals surface area contributed by atoms with Crippen LogP contribution in [0.3, 0.4) is 0 Å². The average molecular weight is 153 g/mol. The standard InChI is InChI=1S/C9H9Cl/c1-2-4-8-5-3-6-9(10)7-8/h2-7H,1H3/b4-2+. The van der Waals surface area contributed by atoms with Crippen LogP contribution < -0.4 is 0 Å². The van der Waals surface area contributed by atoms with Crippen LogP contribution in [0.5, 0.6) is 0 Å². The van der Waals surface area contributed by atoms with Gasteiger partial charge in [0.1, 0.15) is 0 Å². The molecule has 1 aromatic rings. The number of rotatable bonds is 1. The summed E-state index contributed by atoms with van der Waals surface area (Å²) in [5.41, 5.74) is 1.15. The van der Waals surface area contributed by atoms with Gasteiger partial charge >= 0.3 is 0 Å². The number of benzene rings is 1. The van der Waals surface area contributed by atoms with Gasteiger partial charge in [0, 0.05) is 5.02 Å². The van der Waals surface area contributed by atoms with Gasteiger partial charge in [0.05, 0.1) is 0 Å². The second-order valence-electron chi connectivity index (χ2n) is 2.06. The maximum absolute atomic E-state index is 5.75. The molecule has 0 aliphatic rings. The van der Waals surface area contributed by atoms with Crippen LogP contribution in [0, 0.1) is 0 Å². The van der Waals surface area contributed by atoms with Crippen molar-refractivity contribution in [2.75, 3.05) is 0 Å². The summed E-state index contributed by atoms with van der Waals surface area (Å²) in [5.74, 6) is 0. The van der Waals surface area contributed by atoms with E-state index in [1.807, 2.05) is 43.3 Å². The molecule has 10 heavy (non-hydrogen) atoms. The fourth-order valence-electron chi connectivity index (χ4n) is 0.803. The van der Waals surface area contributed by atoms with Crippen LogP contribution >= 0.6 is 11.6 Å². The molecular weight excluding hydrogens is 144 g/mol. The summed E-state index contributed by atoms with van der Waals surface area (Å²) in [5, 5.41) is 0.788. The summed E-state index contributed by atoms with van der Waals surface area (Å²) in [4.78, 5) is 0. The second-order valence-corrected chi connectivity index (χ2v) is 2.49. The second kappa shape index (κ2) is 3.43. The first-order valence-electron chi connectivity index (χ1n) is 3.21. The SMILES string of the molecule is C/C=C/c1cccc(Cl)c1. The molecular formula is C9H9Cl. The Bertz CT molecular complexity index is 238. The molecule has 1 rings (SSSR count). The van der Waals surface area contributed by atoms with E-state index in [-0.39, 0.29) is 0 Å². The normalized spacial score (nSPS) is 10.6. The lowest BCUT2D eigenvalue weighted by Gasteiger charge is -1.91. The summed E-state index contributed by atoms with van der Waals surface area (Å²) in [7, 11) is 0. The Morgan fingerprint density at radius 2 is 2.20 bits per heavy atom.